The van der Waals surface area contributed by atoms with Crippen molar-refractivity contribution in [2.75, 3.05) is 14.2 Å². The van der Waals surface area contributed by atoms with Gasteiger partial charge in [-0.3, -0.25) is 13.9 Å². The van der Waals surface area contributed by atoms with Gasteiger partial charge in [0, 0.05) is 35.6 Å². The number of esters is 1. The molecule has 12 nitrogen and oxygen atoms in total. The molecule has 0 fully saturated rings. The van der Waals surface area contributed by atoms with Crippen molar-refractivity contribution in [3.05, 3.63) is 65.9 Å². The summed E-state index contributed by atoms with van der Waals surface area (Å²) < 4.78 is 17.9. The minimum absolute atomic E-state index is 0.00593. The van der Waals surface area contributed by atoms with Crippen molar-refractivity contribution in [1.29, 1.82) is 0 Å². The Hall–Kier alpha value is -4.62. The van der Waals surface area contributed by atoms with Gasteiger partial charge in [0.15, 0.2) is 0 Å². The predicted molar refractivity (Wildman–Crippen MR) is 176 cm³/mol. The van der Waals surface area contributed by atoms with Crippen LogP contribution in [0.1, 0.15) is 76.1 Å². The van der Waals surface area contributed by atoms with E-state index in [1.165, 1.54) is 17.7 Å². The maximum Gasteiger partial charge on any atom is 0.506 e. The number of carbonyl (C=O) groups is 4. The number of ether oxygens (including phenoxy) is 3. The molecule has 2 aromatic heterocycles. The highest BCUT2D eigenvalue weighted by Gasteiger charge is 2.29. The van der Waals surface area contributed by atoms with Crippen molar-refractivity contribution in [2.24, 2.45) is 0 Å². The molecule has 2 N–H and O–H groups in total. The van der Waals surface area contributed by atoms with Crippen LogP contribution >= 0.6 is 0 Å². The van der Waals surface area contributed by atoms with E-state index in [0.717, 1.165) is 4.57 Å². The second kappa shape index (κ2) is 13.8. The second-order valence-corrected chi connectivity index (χ2v) is 12.9. The van der Waals surface area contributed by atoms with E-state index in [-0.39, 0.29) is 17.5 Å². The van der Waals surface area contributed by atoms with E-state index in [2.05, 4.69) is 0 Å². The zero-order chi connectivity index (χ0) is 34.7. The van der Waals surface area contributed by atoms with Crippen molar-refractivity contribution in [1.82, 2.24) is 14.0 Å². The summed E-state index contributed by atoms with van der Waals surface area (Å²) in [5.41, 5.74) is 0.411. The molecular formula is C33H42BN3O9. The standard InChI is InChI=1S/C18H25BN2O5.C15H17NO4/c1-11(2)20(6)16(22)12-8-7-9-14-13(12)10-15(19(24)25)21(14)17(23)26-18(3,4)5;1-15(2,3)20-14(18)16-9-8-10-11(13(17)19-4)6-5-7-12(10)16/h7-11,24-25H,1-6H3;5-9H,1-4H3. The topological polar surface area (TPSA) is 150 Å². The molecule has 4 aromatic rings. The van der Waals surface area contributed by atoms with Gasteiger partial charge in [-0.05, 0) is 91.8 Å². The maximum absolute atomic E-state index is 12.8. The first kappa shape index (κ1) is 35.9. The van der Waals surface area contributed by atoms with Crippen LogP contribution in [0.2, 0.25) is 0 Å². The lowest BCUT2D eigenvalue weighted by molar-refractivity contribution is 0.0534. The molecule has 2 aromatic carbocycles. The molecule has 0 aliphatic heterocycles. The zero-order valence-corrected chi connectivity index (χ0v) is 27.9. The third kappa shape index (κ3) is 8.15. The van der Waals surface area contributed by atoms with Gasteiger partial charge in [0.05, 0.1) is 29.3 Å². The van der Waals surface area contributed by atoms with E-state index in [1.54, 1.807) is 102 Å². The van der Waals surface area contributed by atoms with Gasteiger partial charge < -0.3 is 29.2 Å². The van der Waals surface area contributed by atoms with Crippen molar-refractivity contribution in [3.8, 4) is 0 Å². The number of rotatable bonds is 4. The van der Waals surface area contributed by atoms with Crippen LogP contribution in [0.25, 0.3) is 21.8 Å². The third-order valence-corrected chi connectivity index (χ3v) is 6.77. The number of amides is 1. The van der Waals surface area contributed by atoms with E-state index in [0.29, 0.717) is 32.9 Å². The van der Waals surface area contributed by atoms with Gasteiger partial charge in [0.1, 0.15) is 11.2 Å². The first-order valence-electron chi connectivity index (χ1n) is 14.7. The Kier molecular flexibility index (Phi) is 10.8. The van der Waals surface area contributed by atoms with Crippen LogP contribution in [0, 0.1) is 0 Å². The highest BCUT2D eigenvalue weighted by atomic mass is 16.6. The largest absolute Gasteiger partial charge is 0.506 e. The summed E-state index contributed by atoms with van der Waals surface area (Å²) >= 11 is 0. The molecule has 0 atom stereocenters. The minimum atomic E-state index is -1.89. The van der Waals surface area contributed by atoms with Crippen LogP contribution in [0.3, 0.4) is 0 Å². The highest BCUT2D eigenvalue weighted by Crippen LogP contribution is 2.24. The lowest BCUT2D eigenvalue weighted by Gasteiger charge is -2.22. The summed E-state index contributed by atoms with van der Waals surface area (Å²) in [5, 5.41) is 20.5. The van der Waals surface area contributed by atoms with Crippen molar-refractivity contribution < 1.29 is 43.4 Å². The smallest absolute Gasteiger partial charge is 0.465 e. The third-order valence-electron chi connectivity index (χ3n) is 6.77. The number of aromatic nitrogens is 2. The average molecular weight is 636 g/mol. The molecule has 2 heterocycles. The number of hydrogen-bond acceptors (Lipinski definition) is 9. The molecule has 0 saturated heterocycles. The second-order valence-electron chi connectivity index (χ2n) is 12.9. The van der Waals surface area contributed by atoms with Crippen LogP contribution < -0.4 is 5.59 Å². The summed E-state index contributed by atoms with van der Waals surface area (Å²) in [7, 11) is 1.13. The molecule has 0 unspecified atom stereocenters. The van der Waals surface area contributed by atoms with Crippen LogP contribution in [-0.2, 0) is 14.2 Å². The zero-order valence-electron chi connectivity index (χ0n) is 27.9. The predicted octanol–water partition coefficient (Wildman–Crippen LogP) is 4.80. The Bertz CT molecular complexity index is 1760. The van der Waals surface area contributed by atoms with Gasteiger partial charge in [-0.1, -0.05) is 12.1 Å². The fourth-order valence-corrected chi connectivity index (χ4v) is 4.49. The molecule has 13 heteroatoms. The molecule has 0 aliphatic carbocycles. The molecule has 0 bridgehead atoms. The monoisotopic (exact) mass is 635 g/mol. The highest BCUT2D eigenvalue weighted by molar-refractivity contribution is 6.59. The lowest BCUT2D eigenvalue weighted by Crippen LogP contribution is -2.40. The van der Waals surface area contributed by atoms with Crippen LogP contribution in [0.5, 0.6) is 0 Å². The molecule has 0 saturated carbocycles. The van der Waals surface area contributed by atoms with Crippen molar-refractivity contribution in [3.63, 3.8) is 0 Å². The summed E-state index contributed by atoms with van der Waals surface area (Å²) in [6, 6.07) is 13.2. The number of methoxy groups -OCH3 is 1. The molecular weight excluding hydrogens is 593 g/mol. The molecule has 246 valence electrons. The average Bonchev–Trinajstić information content (AvgIpc) is 3.57. The van der Waals surface area contributed by atoms with E-state index in [1.807, 2.05) is 13.8 Å². The Morgan fingerprint density at radius 3 is 1.87 bits per heavy atom. The number of hydrogen-bond donors (Lipinski definition) is 2. The Labute approximate surface area is 268 Å². The summed E-state index contributed by atoms with van der Waals surface area (Å²) in [5.74, 6) is -0.650. The fraction of sp³-hybridized carbons (Fsp3) is 0.394. The first-order valence-corrected chi connectivity index (χ1v) is 14.7. The van der Waals surface area contributed by atoms with E-state index >= 15 is 0 Å². The summed E-state index contributed by atoms with van der Waals surface area (Å²) in [4.78, 5) is 50.7. The number of carbonyl (C=O) groups excluding carboxylic acids is 4. The van der Waals surface area contributed by atoms with Crippen LogP contribution in [0.15, 0.2) is 54.7 Å². The van der Waals surface area contributed by atoms with Gasteiger partial charge in [0.2, 0.25) is 0 Å². The number of nitrogens with zero attached hydrogens (tertiary/aromatic N) is 3. The van der Waals surface area contributed by atoms with Gasteiger partial charge in [-0.25, -0.2) is 14.4 Å². The molecule has 0 spiro atoms. The Balaban J connectivity index is 0.000000259. The van der Waals surface area contributed by atoms with E-state index in [9.17, 15) is 29.2 Å². The van der Waals surface area contributed by atoms with Gasteiger partial charge >= 0.3 is 25.3 Å². The van der Waals surface area contributed by atoms with Gasteiger partial charge in [-0.2, -0.15) is 0 Å². The number of benzene rings is 2. The van der Waals surface area contributed by atoms with E-state index in [4.69, 9.17) is 14.2 Å². The maximum atomic E-state index is 12.8. The molecule has 1 amide bonds. The van der Waals surface area contributed by atoms with Crippen LogP contribution in [-0.4, -0.2) is 86.7 Å². The minimum Gasteiger partial charge on any atom is -0.465 e. The quantitative estimate of drug-likeness (QED) is 0.183. The van der Waals surface area contributed by atoms with Gasteiger partial charge in [-0.15, -0.1) is 0 Å². The summed E-state index contributed by atoms with van der Waals surface area (Å²) in [6.45, 7) is 14.4. The van der Waals surface area contributed by atoms with Crippen molar-refractivity contribution in [2.45, 2.75) is 72.6 Å². The SMILES string of the molecule is CC(C)N(C)C(=O)c1cccc2c1cc(B(O)O)n2C(=O)OC(C)(C)C.COC(=O)c1cccc2c1ccn2C(=O)OC(C)(C)C. The Morgan fingerprint density at radius 1 is 0.804 bits per heavy atom. The normalized spacial score (nSPS) is 11.6. The fourth-order valence-electron chi connectivity index (χ4n) is 4.49. The molecule has 46 heavy (non-hydrogen) atoms. The number of fused-ring (bicyclic) bond motifs is 2. The molecule has 0 aliphatic rings. The summed E-state index contributed by atoms with van der Waals surface area (Å²) in [6.07, 6.45) is 0.373. The lowest BCUT2D eigenvalue weighted by atomic mass is 9.86. The van der Waals surface area contributed by atoms with Crippen molar-refractivity contribution >= 4 is 58.6 Å². The Morgan fingerprint density at radius 2 is 1.35 bits per heavy atom. The van der Waals surface area contributed by atoms with Crippen LogP contribution in [0.4, 0.5) is 9.59 Å². The van der Waals surface area contributed by atoms with E-state index < -0.39 is 36.5 Å². The first-order chi connectivity index (χ1) is 21.3. The van der Waals surface area contributed by atoms with Gasteiger partial charge in [0.25, 0.3) is 5.91 Å². The molecule has 4 rings (SSSR count). The molecule has 0 radical (unpaired) electrons.